The molecule has 0 radical (unpaired) electrons. The number of methoxy groups -OCH3 is 2. The van der Waals surface area contributed by atoms with Gasteiger partial charge in [0, 0.05) is 19.2 Å². The second kappa shape index (κ2) is 8.00. The molecule has 0 unspecified atom stereocenters. The third-order valence-corrected chi connectivity index (χ3v) is 5.09. The van der Waals surface area contributed by atoms with Gasteiger partial charge < -0.3 is 19.7 Å². The minimum atomic E-state index is -0.536. The van der Waals surface area contributed by atoms with Gasteiger partial charge in [-0.2, -0.15) is 5.26 Å². The predicted molar refractivity (Wildman–Crippen MR) is 103 cm³/mol. The summed E-state index contributed by atoms with van der Waals surface area (Å²) in [6, 6.07) is 17.3. The molecule has 1 N–H and O–H groups in total. The Hall–Kier alpha value is -3.20. The number of nitriles is 1. The summed E-state index contributed by atoms with van der Waals surface area (Å²) in [5.41, 5.74) is 1.04. The van der Waals surface area contributed by atoms with E-state index < -0.39 is 5.41 Å². The van der Waals surface area contributed by atoms with Crippen molar-refractivity contribution in [1.29, 1.82) is 5.26 Å². The van der Waals surface area contributed by atoms with Gasteiger partial charge in [0.25, 0.3) is 0 Å². The van der Waals surface area contributed by atoms with E-state index >= 15 is 0 Å². The van der Waals surface area contributed by atoms with Gasteiger partial charge in [-0.25, -0.2) is 4.79 Å². The third-order valence-electron chi connectivity index (χ3n) is 5.09. The van der Waals surface area contributed by atoms with Gasteiger partial charge in [-0.15, -0.1) is 0 Å². The molecule has 0 saturated carbocycles. The fraction of sp³-hybridized carbons (Fsp3) is 0.333. The van der Waals surface area contributed by atoms with Gasteiger partial charge in [-0.3, -0.25) is 0 Å². The van der Waals surface area contributed by atoms with Crippen LogP contribution in [0.3, 0.4) is 0 Å². The Morgan fingerprint density at radius 1 is 1.11 bits per heavy atom. The van der Waals surface area contributed by atoms with Crippen molar-refractivity contribution in [3.05, 3.63) is 54.1 Å². The largest absolute Gasteiger partial charge is 0.497 e. The number of hydrogen-bond acceptors (Lipinski definition) is 4. The maximum absolute atomic E-state index is 12.7. The minimum Gasteiger partial charge on any atom is -0.497 e. The van der Waals surface area contributed by atoms with Crippen LogP contribution in [-0.2, 0) is 5.41 Å². The van der Waals surface area contributed by atoms with E-state index in [2.05, 4.69) is 11.4 Å². The van der Waals surface area contributed by atoms with Crippen LogP contribution in [0.1, 0.15) is 18.4 Å². The monoisotopic (exact) mass is 365 g/mol. The summed E-state index contributed by atoms with van der Waals surface area (Å²) in [5.74, 6) is 1.20. The van der Waals surface area contributed by atoms with Crippen LogP contribution in [0.2, 0.25) is 0 Å². The van der Waals surface area contributed by atoms with Crippen molar-refractivity contribution >= 4 is 11.7 Å². The van der Waals surface area contributed by atoms with E-state index in [-0.39, 0.29) is 6.03 Å². The summed E-state index contributed by atoms with van der Waals surface area (Å²) in [6.07, 6.45) is 1.21. The fourth-order valence-corrected chi connectivity index (χ4v) is 3.42. The van der Waals surface area contributed by atoms with E-state index in [4.69, 9.17) is 9.47 Å². The molecule has 1 heterocycles. The van der Waals surface area contributed by atoms with E-state index in [9.17, 15) is 10.1 Å². The Labute approximate surface area is 159 Å². The molecule has 1 fully saturated rings. The molecule has 1 aliphatic heterocycles. The lowest BCUT2D eigenvalue weighted by atomic mass is 9.74. The molecule has 140 valence electrons. The van der Waals surface area contributed by atoms with Crippen LogP contribution >= 0.6 is 0 Å². The minimum absolute atomic E-state index is 0.207. The normalized spacial score (nSPS) is 15.5. The van der Waals surface area contributed by atoms with E-state index in [1.165, 1.54) is 0 Å². The van der Waals surface area contributed by atoms with Crippen LogP contribution in [0.25, 0.3) is 0 Å². The first-order valence-corrected chi connectivity index (χ1v) is 8.86. The number of likely N-dealkylation sites (tertiary alicyclic amines) is 1. The zero-order valence-electron chi connectivity index (χ0n) is 15.6. The van der Waals surface area contributed by atoms with Gasteiger partial charge in [0.05, 0.1) is 31.4 Å². The van der Waals surface area contributed by atoms with E-state index in [0.29, 0.717) is 43.1 Å². The van der Waals surface area contributed by atoms with Gasteiger partial charge in [0.2, 0.25) is 0 Å². The first kappa shape index (κ1) is 18.6. The average molecular weight is 365 g/mol. The second-order valence-electron chi connectivity index (χ2n) is 6.54. The molecule has 2 aromatic carbocycles. The summed E-state index contributed by atoms with van der Waals surface area (Å²) in [6.45, 7) is 1.03. The number of ether oxygens (including phenoxy) is 2. The number of amides is 2. The molecule has 1 saturated heterocycles. The van der Waals surface area contributed by atoms with Crippen LogP contribution in [0.4, 0.5) is 10.5 Å². The maximum Gasteiger partial charge on any atom is 0.321 e. The lowest BCUT2D eigenvalue weighted by Crippen LogP contribution is -2.46. The number of anilines is 1. The topological polar surface area (TPSA) is 74.6 Å². The summed E-state index contributed by atoms with van der Waals surface area (Å²) >= 11 is 0. The Kier molecular flexibility index (Phi) is 5.51. The summed E-state index contributed by atoms with van der Waals surface area (Å²) in [7, 11) is 3.13. The smallest absolute Gasteiger partial charge is 0.321 e. The van der Waals surface area contributed by atoms with Crippen molar-refractivity contribution < 1.29 is 14.3 Å². The third kappa shape index (κ3) is 3.82. The Morgan fingerprint density at radius 3 is 2.41 bits per heavy atom. The summed E-state index contributed by atoms with van der Waals surface area (Å²) < 4.78 is 10.5. The van der Waals surface area contributed by atoms with Crippen molar-refractivity contribution in [2.75, 3.05) is 32.6 Å². The van der Waals surface area contributed by atoms with E-state index in [1.807, 2.05) is 30.3 Å². The average Bonchev–Trinajstić information content (AvgIpc) is 2.74. The van der Waals surface area contributed by atoms with E-state index in [0.717, 1.165) is 5.56 Å². The van der Waals surface area contributed by atoms with Crippen molar-refractivity contribution in [2.24, 2.45) is 0 Å². The van der Waals surface area contributed by atoms with Gasteiger partial charge in [-0.05, 0) is 30.5 Å². The van der Waals surface area contributed by atoms with E-state index in [1.54, 1.807) is 37.3 Å². The Morgan fingerprint density at radius 2 is 1.81 bits per heavy atom. The molecule has 2 aromatic rings. The van der Waals surface area contributed by atoms with Gasteiger partial charge >= 0.3 is 6.03 Å². The predicted octanol–water partition coefficient (Wildman–Crippen LogP) is 3.79. The van der Waals surface area contributed by atoms with Crippen molar-refractivity contribution in [1.82, 2.24) is 4.90 Å². The molecule has 6 heteroatoms. The zero-order chi connectivity index (χ0) is 19.3. The van der Waals surface area contributed by atoms with Gasteiger partial charge in [-0.1, -0.05) is 30.3 Å². The first-order valence-electron chi connectivity index (χ1n) is 8.86. The van der Waals surface area contributed by atoms with Crippen LogP contribution in [-0.4, -0.2) is 38.2 Å². The number of rotatable bonds is 4. The van der Waals surface area contributed by atoms with Gasteiger partial charge in [0.15, 0.2) is 0 Å². The molecular weight excluding hydrogens is 342 g/mol. The maximum atomic E-state index is 12.7. The molecule has 6 nitrogen and oxygen atoms in total. The lowest BCUT2D eigenvalue weighted by Gasteiger charge is -2.37. The Bertz CT molecular complexity index is 837. The quantitative estimate of drug-likeness (QED) is 0.894. The number of nitrogens with one attached hydrogen (secondary N) is 1. The molecule has 1 aliphatic rings. The number of benzene rings is 2. The number of nitrogens with zero attached hydrogens (tertiary/aromatic N) is 2. The van der Waals surface area contributed by atoms with Crippen LogP contribution in [0.5, 0.6) is 11.5 Å². The molecule has 27 heavy (non-hydrogen) atoms. The standard InChI is InChI=1S/C21H23N3O3/c1-26-17-8-9-19(27-2)18(14-17)23-20(25)24-12-10-21(15-22,11-13-24)16-6-4-3-5-7-16/h3-9,14H,10-13H2,1-2H3,(H,23,25). The highest BCUT2D eigenvalue weighted by atomic mass is 16.5. The molecule has 0 spiro atoms. The zero-order valence-corrected chi connectivity index (χ0v) is 15.6. The summed E-state index contributed by atoms with van der Waals surface area (Å²) in [5, 5.41) is 12.7. The lowest BCUT2D eigenvalue weighted by molar-refractivity contribution is 0.183. The first-order chi connectivity index (χ1) is 13.1. The van der Waals surface area contributed by atoms with Crippen LogP contribution in [0.15, 0.2) is 48.5 Å². The highest BCUT2D eigenvalue weighted by Gasteiger charge is 2.37. The Balaban J connectivity index is 1.70. The highest BCUT2D eigenvalue weighted by Crippen LogP contribution is 2.35. The van der Waals surface area contributed by atoms with Crippen LogP contribution in [0, 0.1) is 11.3 Å². The molecule has 0 aliphatic carbocycles. The molecular formula is C21H23N3O3. The summed E-state index contributed by atoms with van der Waals surface area (Å²) in [4.78, 5) is 14.4. The second-order valence-corrected chi connectivity index (χ2v) is 6.54. The number of carbonyl (C=O) groups excluding carboxylic acids is 1. The molecule has 0 aromatic heterocycles. The van der Waals surface area contributed by atoms with Gasteiger partial charge in [0.1, 0.15) is 11.5 Å². The molecule has 0 bridgehead atoms. The number of hydrogen-bond donors (Lipinski definition) is 1. The molecule has 3 rings (SSSR count). The number of piperidine rings is 1. The SMILES string of the molecule is COc1ccc(OC)c(NC(=O)N2CCC(C#N)(c3ccccc3)CC2)c1. The molecule has 2 amide bonds. The van der Waals surface area contributed by atoms with Crippen LogP contribution < -0.4 is 14.8 Å². The number of urea groups is 1. The molecule has 0 atom stereocenters. The number of carbonyl (C=O) groups is 1. The highest BCUT2D eigenvalue weighted by molar-refractivity contribution is 5.91. The fourth-order valence-electron chi connectivity index (χ4n) is 3.42. The van der Waals surface area contributed by atoms with Crippen molar-refractivity contribution in [2.45, 2.75) is 18.3 Å². The van der Waals surface area contributed by atoms with Crippen molar-refractivity contribution in [3.63, 3.8) is 0 Å². The van der Waals surface area contributed by atoms with Crippen molar-refractivity contribution in [3.8, 4) is 17.6 Å².